The molecular formula is C17H30N2S. The number of rotatable bonds is 6. The smallest absolute Gasteiger partial charge is 0.0593 e. The first-order valence-electron chi connectivity index (χ1n) is 8.11. The Morgan fingerprint density at radius 1 is 1.30 bits per heavy atom. The normalized spacial score (nSPS) is 22.1. The van der Waals surface area contributed by atoms with Gasteiger partial charge >= 0.3 is 0 Å². The van der Waals surface area contributed by atoms with Crippen LogP contribution >= 0.6 is 11.3 Å². The maximum Gasteiger partial charge on any atom is 0.0593 e. The van der Waals surface area contributed by atoms with E-state index in [2.05, 4.69) is 44.7 Å². The van der Waals surface area contributed by atoms with Gasteiger partial charge in [0.15, 0.2) is 0 Å². The van der Waals surface area contributed by atoms with E-state index in [1.807, 2.05) is 11.3 Å². The largest absolute Gasteiger partial charge is 0.326 e. The molecule has 1 aromatic heterocycles. The molecule has 2 nitrogen and oxygen atoms in total. The summed E-state index contributed by atoms with van der Waals surface area (Å²) >= 11 is 1.92. The fourth-order valence-electron chi connectivity index (χ4n) is 3.53. The molecule has 114 valence electrons. The van der Waals surface area contributed by atoms with Crippen molar-refractivity contribution in [3.05, 3.63) is 21.9 Å². The lowest BCUT2D eigenvalue weighted by Crippen LogP contribution is -2.40. The van der Waals surface area contributed by atoms with E-state index in [1.165, 1.54) is 42.1 Å². The van der Waals surface area contributed by atoms with Crippen molar-refractivity contribution in [1.29, 1.82) is 0 Å². The lowest BCUT2D eigenvalue weighted by atomic mass is 9.82. The molecule has 3 heteroatoms. The third kappa shape index (κ3) is 3.10. The van der Waals surface area contributed by atoms with E-state index in [4.69, 9.17) is 5.73 Å². The topological polar surface area (TPSA) is 29.3 Å². The molecule has 1 aliphatic rings. The molecule has 2 atom stereocenters. The Morgan fingerprint density at radius 3 is 2.45 bits per heavy atom. The van der Waals surface area contributed by atoms with Crippen LogP contribution in [0, 0.1) is 12.3 Å². The predicted molar refractivity (Wildman–Crippen MR) is 89.3 cm³/mol. The van der Waals surface area contributed by atoms with E-state index >= 15 is 0 Å². The summed E-state index contributed by atoms with van der Waals surface area (Å²) in [5.74, 6) is 0. The van der Waals surface area contributed by atoms with Crippen molar-refractivity contribution in [2.45, 2.75) is 65.5 Å². The van der Waals surface area contributed by atoms with Gasteiger partial charge in [0.05, 0.1) is 6.04 Å². The molecule has 1 aliphatic heterocycles. The zero-order chi connectivity index (χ0) is 14.8. The van der Waals surface area contributed by atoms with Gasteiger partial charge < -0.3 is 5.73 Å². The SMILES string of the molecule is CCC(N)C(c1ccc(C)s1)N1CCC(CC)(CC)C1. The van der Waals surface area contributed by atoms with Crippen molar-refractivity contribution in [2.75, 3.05) is 13.1 Å². The number of aryl methyl sites for hydroxylation is 1. The van der Waals surface area contributed by atoms with Crippen molar-refractivity contribution in [3.63, 3.8) is 0 Å². The van der Waals surface area contributed by atoms with Crippen molar-refractivity contribution >= 4 is 11.3 Å². The number of nitrogens with zero attached hydrogens (tertiary/aromatic N) is 1. The highest BCUT2D eigenvalue weighted by atomic mass is 32.1. The van der Waals surface area contributed by atoms with E-state index < -0.39 is 0 Å². The zero-order valence-corrected chi connectivity index (χ0v) is 14.3. The summed E-state index contributed by atoms with van der Waals surface area (Å²) in [7, 11) is 0. The first-order chi connectivity index (χ1) is 9.55. The molecule has 2 unspecified atom stereocenters. The zero-order valence-electron chi connectivity index (χ0n) is 13.5. The highest BCUT2D eigenvalue weighted by Gasteiger charge is 2.39. The Kier molecular flexibility index (Phi) is 5.27. The minimum atomic E-state index is 0.248. The van der Waals surface area contributed by atoms with E-state index in [0.717, 1.165) is 6.42 Å². The molecule has 1 saturated heterocycles. The summed E-state index contributed by atoms with van der Waals surface area (Å²) in [6, 6.07) is 5.19. The molecule has 1 aromatic rings. The van der Waals surface area contributed by atoms with Gasteiger partial charge in [-0.1, -0.05) is 20.8 Å². The lowest BCUT2D eigenvalue weighted by Gasteiger charge is -2.34. The highest BCUT2D eigenvalue weighted by molar-refractivity contribution is 7.12. The molecule has 0 radical (unpaired) electrons. The molecule has 1 fully saturated rings. The maximum atomic E-state index is 6.47. The van der Waals surface area contributed by atoms with E-state index in [0.29, 0.717) is 11.5 Å². The van der Waals surface area contributed by atoms with Crippen LogP contribution in [-0.4, -0.2) is 24.0 Å². The Balaban J connectivity index is 2.21. The summed E-state index contributed by atoms with van der Waals surface area (Å²) < 4.78 is 0. The Hall–Kier alpha value is -0.380. The molecule has 2 rings (SSSR count). The van der Waals surface area contributed by atoms with Crippen LogP contribution in [0.15, 0.2) is 12.1 Å². The fraction of sp³-hybridized carbons (Fsp3) is 0.765. The van der Waals surface area contributed by atoms with Gasteiger partial charge in [-0.05, 0) is 56.7 Å². The van der Waals surface area contributed by atoms with Gasteiger partial charge in [-0.2, -0.15) is 0 Å². The summed E-state index contributed by atoms with van der Waals surface area (Å²) in [6.07, 6.45) is 4.95. The van der Waals surface area contributed by atoms with Gasteiger partial charge in [0.2, 0.25) is 0 Å². The van der Waals surface area contributed by atoms with E-state index in [-0.39, 0.29) is 6.04 Å². The van der Waals surface area contributed by atoms with E-state index in [9.17, 15) is 0 Å². The second-order valence-electron chi connectivity index (χ2n) is 6.39. The Morgan fingerprint density at radius 2 is 2.00 bits per heavy atom. The second kappa shape index (κ2) is 6.59. The third-order valence-corrected chi connectivity index (χ3v) is 6.36. The minimum absolute atomic E-state index is 0.248. The molecule has 0 amide bonds. The Bertz CT molecular complexity index is 422. The molecule has 0 aliphatic carbocycles. The molecule has 0 spiro atoms. The summed E-state index contributed by atoms with van der Waals surface area (Å²) in [5, 5.41) is 0. The summed E-state index contributed by atoms with van der Waals surface area (Å²) in [4.78, 5) is 5.51. The van der Waals surface area contributed by atoms with Crippen LogP contribution in [0.2, 0.25) is 0 Å². The fourth-order valence-corrected chi connectivity index (χ4v) is 4.62. The molecule has 20 heavy (non-hydrogen) atoms. The number of nitrogens with two attached hydrogens (primary N) is 1. The molecule has 0 aromatic carbocycles. The number of hydrogen-bond acceptors (Lipinski definition) is 3. The third-order valence-electron chi connectivity index (χ3n) is 5.29. The van der Waals surface area contributed by atoms with Crippen LogP contribution in [0.5, 0.6) is 0 Å². The summed E-state index contributed by atoms with van der Waals surface area (Å²) in [6.45, 7) is 11.5. The monoisotopic (exact) mass is 294 g/mol. The predicted octanol–water partition coefficient (Wildman–Crippen LogP) is 4.35. The van der Waals surface area contributed by atoms with Crippen LogP contribution in [0.1, 0.15) is 62.3 Å². The van der Waals surface area contributed by atoms with Crippen LogP contribution in [0.3, 0.4) is 0 Å². The second-order valence-corrected chi connectivity index (χ2v) is 7.71. The van der Waals surface area contributed by atoms with Crippen LogP contribution in [0.25, 0.3) is 0 Å². The highest BCUT2D eigenvalue weighted by Crippen LogP contribution is 2.42. The summed E-state index contributed by atoms with van der Waals surface area (Å²) in [5.41, 5.74) is 7.00. The lowest BCUT2D eigenvalue weighted by molar-refractivity contribution is 0.174. The van der Waals surface area contributed by atoms with Crippen molar-refractivity contribution < 1.29 is 0 Å². The minimum Gasteiger partial charge on any atom is -0.326 e. The average molecular weight is 295 g/mol. The molecular weight excluding hydrogens is 264 g/mol. The molecule has 2 heterocycles. The Labute approximate surface area is 128 Å². The van der Waals surface area contributed by atoms with Gasteiger partial charge in [0.1, 0.15) is 0 Å². The van der Waals surface area contributed by atoms with Gasteiger partial charge in [-0.3, -0.25) is 4.90 Å². The van der Waals surface area contributed by atoms with Gasteiger partial charge in [0, 0.05) is 22.3 Å². The first kappa shape index (κ1) is 16.0. The average Bonchev–Trinajstić information content (AvgIpc) is 3.07. The van der Waals surface area contributed by atoms with Crippen LogP contribution in [0.4, 0.5) is 0 Å². The van der Waals surface area contributed by atoms with Gasteiger partial charge in [0.25, 0.3) is 0 Å². The molecule has 2 N–H and O–H groups in total. The molecule has 0 bridgehead atoms. The van der Waals surface area contributed by atoms with Gasteiger partial charge in [-0.15, -0.1) is 11.3 Å². The maximum absolute atomic E-state index is 6.47. The van der Waals surface area contributed by atoms with Crippen molar-refractivity contribution in [3.8, 4) is 0 Å². The standard InChI is InChI=1S/C17H30N2S/c1-5-14(18)16(15-9-8-13(4)20-15)19-11-10-17(6-2,7-3)12-19/h8-9,14,16H,5-7,10-12,18H2,1-4H3. The quantitative estimate of drug-likeness (QED) is 0.845. The van der Waals surface area contributed by atoms with Crippen LogP contribution < -0.4 is 5.73 Å². The number of hydrogen-bond donors (Lipinski definition) is 1. The first-order valence-corrected chi connectivity index (χ1v) is 8.93. The van der Waals surface area contributed by atoms with Gasteiger partial charge in [-0.25, -0.2) is 0 Å². The van der Waals surface area contributed by atoms with E-state index in [1.54, 1.807) is 0 Å². The van der Waals surface area contributed by atoms with Crippen LogP contribution in [-0.2, 0) is 0 Å². The number of thiophene rings is 1. The van der Waals surface area contributed by atoms with Crippen molar-refractivity contribution in [1.82, 2.24) is 4.90 Å². The van der Waals surface area contributed by atoms with Crippen molar-refractivity contribution in [2.24, 2.45) is 11.1 Å². The number of likely N-dealkylation sites (tertiary alicyclic amines) is 1. The molecule has 0 saturated carbocycles.